The van der Waals surface area contributed by atoms with E-state index in [1.165, 1.54) is 0 Å². The number of hydrogen-bond acceptors (Lipinski definition) is 3. The molecule has 2 unspecified atom stereocenters. The van der Waals surface area contributed by atoms with Crippen molar-refractivity contribution in [2.24, 2.45) is 0 Å². The molecule has 3 nitrogen and oxygen atoms in total. The van der Waals surface area contributed by atoms with Gasteiger partial charge in [0, 0.05) is 23.7 Å². The van der Waals surface area contributed by atoms with E-state index in [9.17, 15) is 0 Å². The largest absolute Gasteiger partial charge is 0.340 e. The summed E-state index contributed by atoms with van der Waals surface area (Å²) in [6, 6.07) is 0.500. The molecule has 1 aromatic heterocycles. The lowest BCUT2D eigenvalue weighted by Gasteiger charge is -2.16. The molecule has 1 heterocycles. The normalized spacial score (nSPS) is 15.9. The number of H-pyrrole nitrogens is 1. The van der Waals surface area contributed by atoms with Gasteiger partial charge in [0.05, 0.1) is 0 Å². The van der Waals surface area contributed by atoms with Gasteiger partial charge in [-0.1, -0.05) is 18.7 Å². The van der Waals surface area contributed by atoms with E-state index in [1.54, 1.807) is 18.0 Å². The van der Waals surface area contributed by atoms with Gasteiger partial charge in [-0.3, -0.25) is 0 Å². The van der Waals surface area contributed by atoms with Crippen LogP contribution in [0.15, 0.2) is 17.6 Å². The van der Waals surface area contributed by atoms with Gasteiger partial charge in [-0.15, -0.1) is 0 Å². The summed E-state index contributed by atoms with van der Waals surface area (Å²) in [5.74, 6) is 0. The Balaban J connectivity index is 2.41. The summed E-state index contributed by atoms with van der Waals surface area (Å²) in [6.45, 7) is 4.36. The molecule has 12 heavy (non-hydrogen) atoms. The Morgan fingerprint density at radius 3 is 2.83 bits per heavy atom. The minimum Gasteiger partial charge on any atom is -0.340 e. The molecule has 0 fully saturated rings. The summed E-state index contributed by atoms with van der Waals surface area (Å²) in [5, 5.41) is 4.73. The fourth-order valence-corrected chi connectivity index (χ4v) is 1.78. The minimum absolute atomic E-state index is 0.500. The second kappa shape index (κ2) is 4.52. The van der Waals surface area contributed by atoms with E-state index in [2.05, 4.69) is 29.1 Å². The van der Waals surface area contributed by atoms with Gasteiger partial charge < -0.3 is 10.3 Å². The van der Waals surface area contributed by atoms with Crippen LogP contribution < -0.4 is 5.32 Å². The molecule has 0 aliphatic rings. The fourth-order valence-electron chi connectivity index (χ4n) is 0.828. The van der Waals surface area contributed by atoms with Crippen molar-refractivity contribution in [1.29, 1.82) is 0 Å². The topological polar surface area (TPSA) is 40.7 Å². The first kappa shape index (κ1) is 9.61. The molecular formula is C8H15N3S. The Morgan fingerprint density at radius 1 is 1.58 bits per heavy atom. The van der Waals surface area contributed by atoms with Crippen molar-refractivity contribution >= 4 is 11.8 Å². The molecule has 0 aromatic carbocycles. The lowest BCUT2D eigenvalue weighted by atomic mass is 10.3. The first-order chi connectivity index (χ1) is 5.74. The monoisotopic (exact) mass is 185 g/mol. The Morgan fingerprint density at radius 2 is 2.33 bits per heavy atom. The lowest BCUT2D eigenvalue weighted by molar-refractivity contribution is 0.604. The van der Waals surface area contributed by atoms with Crippen molar-refractivity contribution in [1.82, 2.24) is 15.3 Å². The van der Waals surface area contributed by atoms with Crippen LogP contribution >= 0.6 is 11.8 Å². The second-order valence-corrected chi connectivity index (χ2v) is 4.16. The molecule has 1 rings (SSSR count). The predicted molar refractivity (Wildman–Crippen MR) is 52.4 cm³/mol. The number of aromatic amines is 1. The van der Waals surface area contributed by atoms with Crippen LogP contribution in [0, 0.1) is 0 Å². The van der Waals surface area contributed by atoms with Crippen LogP contribution in [0.4, 0.5) is 0 Å². The van der Waals surface area contributed by atoms with Crippen LogP contribution in [0.5, 0.6) is 0 Å². The Bertz CT molecular complexity index is 210. The van der Waals surface area contributed by atoms with E-state index in [1.807, 2.05) is 13.2 Å². The van der Waals surface area contributed by atoms with Gasteiger partial charge in [0.1, 0.15) is 0 Å². The van der Waals surface area contributed by atoms with E-state index in [0.29, 0.717) is 11.3 Å². The van der Waals surface area contributed by atoms with Crippen LogP contribution in [-0.2, 0) is 0 Å². The zero-order chi connectivity index (χ0) is 8.97. The van der Waals surface area contributed by atoms with Gasteiger partial charge in [-0.2, -0.15) is 0 Å². The maximum absolute atomic E-state index is 4.15. The highest BCUT2D eigenvalue weighted by Gasteiger charge is 2.11. The number of nitrogens with zero attached hydrogens (tertiary/aromatic N) is 1. The van der Waals surface area contributed by atoms with Crippen LogP contribution in [0.1, 0.15) is 13.8 Å². The molecule has 0 spiro atoms. The third-order valence-corrected chi connectivity index (χ3v) is 3.16. The van der Waals surface area contributed by atoms with Gasteiger partial charge in [0.25, 0.3) is 0 Å². The van der Waals surface area contributed by atoms with Crippen LogP contribution in [0.25, 0.3) is 0 Å². The zero-order valence-electron chi connectivity index (χ0n) is 7.66. The standard InChI is InChI=1S/C8H15N3S/c1-6(9-3)7(2)12-8-10-4-5-11-8/h4-7,9H,1-3H3,(H,10,11). The van der Waals surface area contributed by atoms with Crippen LogP contribution in [0.3, 0.4) is 0 Å². The highest BCUT2D eigenvalue weighted by atomic mass is 32.2. The van der Waals surface area contributed by atoms with Crippen molar-refractivity contribution < 1.29 is 0 Å². The Hall–Kier alpha value is -0.480. The highest BCUT2D eigenvalue weighted by Crippen LogP contribution is 2.20. The summed E-state index contributed by atoms with van der Waals surface area (Å²) in [5.41, 5.74) is 0. The quantitative estimate of drug-likeness (QED) is 0.698. The molecule has 0 saturated carbocycles. The number of imidazole rings is 1. The van der Waals surface area contributed by atoms with E-state index in [4.69, 9.17) is 0 Å². The van der Waals surface area contributed by atoms with Gasteiger partial charge in [0.15, 0.2) is 5.16 Å². The highest BCUT2D eigenvalue weighted by molar-refractivity contribution is 7.99. The fraction of sp³-hybridized carbons (Fsp3) is 0.625. The predicted octanol–water partition coefficient (Wildman–Crippen LogP) is 1.50. The number of aromatic nitrogens is 2. The van der Waals surface area contributed by atoms with Crippen molar-refractivity contribution in [3.05, 3.63) is 12.4 Å². The second-order valence-electron chi connectivity index (χ2n) is 2.79. The van der Waals surface area contributed by atoms with Gasteiger partial charge >= 0.3 is 0 Å². The molecule has 1 aromatic rings. The lowest BCUT2D eigenvalue weighted by Crippen LogP contribution is -2.30. The number of rotatable bonds is 4. The van der Waals surface area contributed by atoms with E-state index in [-0.39, 0.29) is 0 Å². The summed E-state index contributed by atoms with van der Waals surface area (Å²) in [4.78, 5) is 7.22. The van der Waals surface area contributed by atoms with Crippen molar-refractivity contribution in [2.75, 3.05) is 7.05 Å². The molecule has 0 saturated heterocycles. The van der Waals surface area contributed by atoms with Crippen molar-refractivity contribution in [3.63, 3.8) is 0 Å². The Kier molecular flexibility index (Phi) is 3.62. The number of nitrogens with one attached hydrogen (secondary N) is 2. The molecule has 0 bridgehead atoms. The molecule has 4 heteroatoms. The molecule has 2 atom stereocenters. The third-order valence-electron chi connectivity index (χ3n) is 1.93. The van der Waals surface area contributed by atoms with Gasteiger partial charge in [-0.25, -0.2) is 4.98 Å². The summed E-state index contributed by atoms with van der Waals surface area (Å²) >= 11 is 1.75. The third kappa shape index (κ3) is 2.53. The van der Waals surface area contributed by atoms with E-state index >= 15 is 0 Å². The van der Waals surface area contributed by atoms with Crippen molar-refractivity contribution in [3.8, 4) is 0 Å². The van der Waals surface area contributed by atoms with Crippen molar-refractivity contribution in [2.45, 2.75) is 30.3 Å². The maximum atomic E-state index is 4.15. The molecule has 2 N–H and O–H groups in total. The first-order valence-electron chi connectivity index (χ1n) is 4.07. The first-order valence-corrected chi connectivity index (χ1v) is 4.95. The average Bonchev–Trinajstić information content (AvgIpc) is 2.55. The van der Waals surface area contributed by atoms with Gasteiger partial charge in [-0.05, 0) is 14.0 Å². The van der Waals surface area contributed by atoms with Crippen LogP contribution in [0.2, 0.25) is 0 Å². The van der Waals surface area contributed by atoms with E-state index < -0.39 is 0 Å². The minimum atomic E-state index is 0.500. The Labute approximate surface area is 77.4 Å². The SMILES string of the molecule is CNC(C)C(C)Sc1ncc[nH]1. The number of thioether (sulfide) groups is 1. The molecular weight excluding hydrogens is 170 g/mol. The average molecular weight is 185 g/mol. The summed E-state index contributed by atoms with van der Waals surface area (Å²) < 4.78 is 0. The van der Waals surface area contributed by atoms with Gasteiger partial charge in [0.2, 0.25) is 0 Å². The maximum Gasteiger partial charge on any atom is 0.165 e. The molecule has 0 aliphatic heterocycles. The molecule has 0 amide bonds. The van der Waals surface area contributed by atoms with E-state index in [0.717, 1.165) is 5.16 Å². The summed E-state index contributed by atoms with van der Waals surface area (Å²) in [6.07, 6.45) is 3.62. The molecule has 0 radical (unpaired) electrons. The zero-order valence-corrected chi connectivity index (χ0v) is 8.48. The van der Waals surface area contributed by atoms with Crippen LogP contribution in [-0.4, -0.2) is 28.3 Å². The molecule has 0 aliphatic carbocycles. The number of hydrogen-bond donors (Lipinski definition) is 2. The smallest absolute Gasteiger partial charge is 0.165 e. The molecule has 68 valence electrons. The summed E-state index contributed by atoms with van der Waals surface area (Å²) in [7, 11) is 1.98.